The quantitative estimate of drug-likeness (QED) is 0.576. The molecule has 1 heterocycles. The smallest absolute Gasteiger partial charge is 0.259 e. The Morgan fingerprint density at radius 3 is 2.45 bits per heavy atom. The molecule has 2 aliphatic carbocycles. The van der Waals surface area contributed by atoms with Crippen LogP contribution in [0.4, 0.5) is 0 Å². The van der Waals surface area contributed by atoms with Gasteiger partial charge in [-0.15, -0.1) is 5.06 Å². The van der Waals surface area contributed by atoms with E-state index >= 15 is 0 Å². The SMILES string of the molecule is C1=CC2=CC=C1C2.CCON1CCOC1(C=O)C(C)=O. The summed E-state index contributed by atoms with van der Waals surface area (Å²) in [5.41, 5.74) is 1.43. The van der Waals surface area contributed by atoms with Crippen LogP contribution < -0.4 is 0 Å². The molecule has 0 aromatic carbocycles. The van der Waals surface area contributed by atoms with Crippen molar-refractivity contribution in [2.45, 2.75) is 26.0 Å². The predicted octanol–water partition coefficient (Wildman–Crippen LogP) is 1.57. The molecule has 3 aliphatic rings. The first-order valence-corrected chi connectivity index (χ1v) is 6.72. The minimum Gasteiger partial charge on any atom is -0.344 e. The van der Waals surface area contributed by atoms with Crippen LogP contribution in [-0.2, 0) is 19.2 Å². The van der Waals surface area contributed by atoms with Crippen LogP contribution in [0.2, 0.25) is 0 Å². The maximum Gasteiger partial charge on any atom is 0.259 e. The molecule has 1 atom stereocenters. The van der Waals surface area contributed by atoms with Gasteiger partial charge in [-0.1, -0.05) is 24.3 Å². The minimum atomic E-state index is -1.50. The number of rotatable bonds is 4. The number of carbonyl (C=O) groups is 2. The Morgan fingerprint density at radius 2 is 2.10 bits per heavy atom. The molecule has 0 radical (unpaired) electrons. The Morgan fingerprint density at radius 1 is 1.45 bits per heavy atom. The average Bonchev–Trinajstić information content (AvgIpc) is 3.16. The van der Waals surface area contributed by atoms with Crippen molar-refractivity contribution in [1.29, 1.82) is 0 Å². The lowest BCUT2D eigenvalue weighted by molar-refractivity contribution is -0.234. The number of carbonyl (C=O) groups excluding carboxylic acids is 2. The third-order valence-corrected chi connectivity index (χ3v) is 3.37. The van der Waals surface area contributed by atoms with Crippen LogP contribution in [0, 0.1) is 0 Å². The van der Waals surface area contributed by atoms with Crippen LogP contribution in [0.5, 0.6) is 0 Å². The molecule has 1 aliphatic heterocycles. The summed E-state index contributed by atoms with van der Waals surface area (Å²) in [6.07, 6.45) is 10.4. The lowest BCUT2D eigenvalue weighted by Gasteiger charge is -2.27. The normalized spacial score (nSPS) is 26.9. The Bertz CT molecular complexity index is 472. The first-order chi connectivity index (χ1) is 9.62. The topological polar surface area (TPSA) is 55.8 Å². The summed E-state index contributed by atoms with van der Waals surface area (Å²) < 4.78 is 5.10. The van der Waals surface area contributed by atoms with Crippen molar-refractivity contribution < 1.29 is 19.2 Å². The van der Waals surface area contributed by atoms with Crippen molar-refractivity contribution in [1.82, 2.24) is 5.06 Å². The molecule has 2 bridgehead atoms. The van der Waals surface area contributed by atoms with E-state index in [4.69, 9.17) is 9.57 Å². The highest BCUT2D eigenvalue weighted by Crippen LogP contribution is 2.27. The van der Waals surface area contributed by atoms with E-state index in [1.54, 1.807) is 6.92 Å². The highest BCUT2D eigenvalue weighted by molar-refractivity contribution is 5.99. The third-order valence-electron chi connectivity index (χ3n) is 3.37. The Labute approximate surface area is 118 Å². The lowest BCUT2D eigenvalue weighted by atomic mass is 10.2. The van der Waals surface area contributed by atoms with E-state index < -0.39 is 5.72 Å². The number of nitrogens with zero attached hydrogens (tertiary/aromatic N) is 1. The second kappa shape index (κ2) is 6.26. The maximum atomic E-state index is 11.2. The lowest BCUT2D eigenvalue weighted by Crippen LogP contribution is -2.52. The Hall–Kier alpha value is -1.56. The van der Waals surface area contributed by atoms with Gasteiger partial charge in [0.1, 0.15) is 0 Å². The van der Waals surface area contributed by atoms with E-state index in [1.165, 1.54) is 29.6 Å². The van der Waals surface area contributed by atoms with Crippen LogP contribution in [0.3, 0.4) is 0 Å². The van der Waals surface area contributed by atoms with E-state index in [0.29, 0.717) is 26.0 Å². The van der Waals surface area contributed by atoms with E-state index in [0.717, 1.165) is 0 Å². The fourth-order valence-electron chi connectivity index (χ4n) is 2.30. The summed E-state index contributed by atoms with van der Waals surface area (Å²) in [6, 6.07) is 0. The van der Waals surface area contributed by atoms with Crippen molar-refractivity contribution in [2.24, 2.45) is 0 Å². The second-order valence-corrected chi connectivity index (χ2v) is 4.73. The number of fused-ring (bicyclic) bond motifs is 2. The zero-order valence-electron chi connectivity index (χ0n) is 11.8. The van der Waals surface area contributed by atoms with Crippen LogP contribution in [0.25, 0.3) is 0 Å². The largest absolute Gasteiger partial charge is 0.344 e. The van der Waals surface area contributed by atoms with Gasteiger partial charge in [-0.2, -0.15) is 0 Å². The van der Waals surface area contributed by atoms with Crippen LogP contribution >= 0.6 is 0 Å². The summed E-state index contributed by atoms with van der Waals surface area (Å²) in [7, 11) is 0. The molecule has 20 heavy (non-hydrogen) atoms. The van der Waals surface area contributed by atoms with E-state index in [1.807, 2.05) is 0 Å². The number of hydroxylamine groups is 2. The van der Waals surface area contributed by atoms with Crippen LogP contribution in [0.1, 0.15) is 20.3 Å². The molecule has 1 saturated heterocycles. The fraction of sp³-hybridized carbons (Fsp3) is 0.467. The number of ether oxygens (including phenoxy) is 1. The summed E-state index contributed by atoms with van der Waals surface area (Å²) in [6.45, 7) is 4.27. The highest BCUT2D eigenvalue weighted by Gasteiger charge is 2.48. The molecule has 0 spiro atoms. The van der Waals surface area contributed by atoms with Crippen molar-refractivity contribution in [3.63, 3.8) is 0 Å². The van der Waals surface area contributed by atoms with Gasteiger partial charge in [0.25, 0.3) is 5.72 Å². The average molecular weight is 277 g/mol. The van der Waals surface area contributed by atoms with Gasteiger partial charge in [-0.3, -0.25) is 14.4 Å². The molecular weight excluding hydrogens is 258 g/mol. The molecule has 0 amide bonds. The van der Waals surface area contributed by atoms with Gasteiger partial charge in [0, 0.05) is 0 Å². The molecule has 0 aromatic rings. The molecule has 0 N–H and O–H groups in total. The van der Waals surface area contributed by atoms with Crippen molar-refractivity contribution in [3.8, 4) is 0 Å². The predicted molar refractivity (Wildman–Crippen MR) is 73.7 cm³/mol. The van der Waals surface area contributed by atoms with Gasteiger partial charge >= 0.3 is 0 Å². The molecule has 5 nitrogen and oxygen atoms in total. The monoisotopic (exact) mass is 277 g/mol. The van der Waals surface area contributed by atoms with E-state index in [2.05, 4.69) is 24.3 Å². The fourth-order valence-corrected chi connectivity index (χ4v) is 2.30. The molecule has 1 fully saturated rings. The molecule has 1 unspecified atom stereocenters. The Balaban J connectivity index is 0.000000173. The van der Waals surface area contributed by atoms with E-state index in [-0.39, 0.29) is 5.78 Å². The zero-order valence-corrected chi connectivity index (χ0v) is 11.8. The van der Waals surface area contributed by atoms with Crippen molar-refractivity contribution in [2.75, 3.05) is 19.8 Å². The number of allylic oxidation sites excluding steroid dienone is 6. The standard InChI is InChI=1S/C8H13NO4.C7H6/c1-3-13-9-4-5-12-8(9,6-10)7(2)11;1-2-7-4-3-6(1)5-7/h6H,3-5H2,1-2H3;1-4H,5H2. The highest BCUT2D eigenvalue weighted by atomic mass is 16.7. The third kappa shape index (κ3) is 2.80. The molecule has 108 valence electrons. The summed E-state index contributed by atoms with van der Waals surface area (Å²) >= 11 is 0. The minimum absolute atomic E-state index is 0.332. The summed E-state index contributed by atoms with van der Waals surface area (Å²) in [5.74, 6) is -0.353. The molecule has 0 aromatic heterocycles. The first-order valence-electron chi connectivity index (χ1n) is 6.72. The maximum absolute atomic E-state index is 11.2. The molecule has 3 rings (SSSR count). The summed E-state index contributed by atoms with van der Waals surface area (Å²) in [5, 5.41) is 1.29. The number of ketones is 1. The molecule has 5 heteroatoms. The number of Topliss-reactive ketones (excluding diaryl/α,β-unsaturated/α-hetero) is 1. The van der Waals surface area contributed by atoms with Crippen LogP contribution in [-0.4, -0.2) is 42.6 Å². The zero-order chi connectivity index (χ0) is 14.6. The van der Waals surface area contributed by atoms with Gasteiger partial charge in [-0.25, -0.2) is 0 Å². The molecule has 0 saturated carbocycles. The number of hydrogen-bond donors (Lipinski definition) is 0. The number of hydrogen-bond acceptors (Lipinski definition) is 5. The first kappa shape index (κ1) is 14.8. The van der Waals surface area contributed by atoms with Crippen molar-refractivity contribution in [3.05, 3.63) is 35.5 Å². The van der Waals surface area contributed by atoms with Gasteiger partial charge in [-0.05, 0) is 31.4 Å². The van der Waals surface area contributed by atoms with Gasteiger partial charge in [0.15, 0.2) is 12.1 Å². The van der Waals surface area contributed by atoms with Crippen LogP contribution in [0.15, 0.2) is 35.5 Å². The van der Waals surface area contributed by atoms with Gasteiger partial charge < -0.3 is 4.74 Å². The number of aldehydes is 1. The summed E-state index contributed by atoms with van der Waals surface area (Å²) in [4.78, 5) is 27.1. The second-order valence-electron chi connectivity index (χ2n) is 4.73. The Kier molecular flexibility index (Phi) is 4.65. The molecular formula is C15H19NO4. The van der Waals surface area contributed by atoms with Gasteiger partial charge in [0.05, 0.1) is 19.8 Å². The van der Waals surface area contributed by atoms with Crippen molar-refractivity contribution >= 4 is 12.1 Å². The van der Waals surface area contributed by atoms with Gasteiger partial charge in [0.2, 0.25) is 0 Å². The van der Waals surface area contributed by atoms with E-state index in [9.17, 15) is 9.59 Å².